The number of rotatable bonds is 5. The zero-order chi connectivity index (χ0) is 18.0. The number of hydrogen-bond donors (Lipinski definition) is 2. The molecule has 1 unspecified atom stereocenters. The molecule has 1 saturated heterocycles. The van der Waals surface area contributed by atoms with Crippen molar-refractivity contribution >= 4 is 29.2 Å². The molecule has 2 N–H and O–H groups in total. The van der Waals surface area contributed by atoms with Gasteiger partial charge in [-0.2, -0.15) is 11.3 Å². The predicted molar refractivity (Wildman–Crippen MR) is 96.2 cm³/mol. The van der Waals surface area contributed by atoms with E-state index in [1.54, 1.807) is 11.3 Å². The highest BCUT2D eigenvalue weighted by Crippen LogP contribution is 2.35. The Kier molecular flexibility index (Phi) is 5.13. The van der Waals surface area contributed by atoms with Crippen molar-refractivity contribution < 1.29 is 14.4 Å². The van der Waals surface area contributed by atoms with Gasteiger partial charge in [0.2, 0.25) is 5.91 Å². The van der Waals surface area contributed by atoms with E-state index in [4.69, 9.17) is 0 Å². The minimum Gasteiger partial charge on any atom is -0.340 e. The van der Waals surface area contributed by atoms with E-state index in [0.29, 0.717) is 32.2 Å². The van der Waals surface area contributed by atoms with Crippen molar-refractivity contribution in [1.29, 1.82) is 0 Å². The number of carbonyl (C=O) groups excluding carboxylic acids is 3. The third-order valence-electron chi connectivity index (χ3n) is 5.47. The van der Waals surface area contributed by atoms with Gasteiger partial charge in [-0.05, 0) is 68.3 Å². The summed E-state index contributed by atoms with van der Waals surface area (Å²) in [6, 6.07) is 1.83. The normalized spacial score (nSPS) is 27.0. The second-order valence-corrected chi connectivity index (χ2v) is 7.85. The lowest BCUT2D eigenvalue weighted by molar-refractivity contribution is -0.140. The summed E-state index contributed by atoms with van der Waals surface area (Å²) < 4.78 is 0. The lowest BCUT2D eigenvalue weighted by Crippen LogP contribution is -2.52. The third kappa shape index (κ3) is 3.56. The van der Waals surface area contributed by atoms with E-state index in [1.165, 1.54) is 5.56 Å². The molecule has 0 bridgehead atoms. The summed E-state index contributed by atoms with van der Waals surface area (Å²) in [5.74, 6) is -0.146. The van der Waals surface area contributed by atoms with Crippen molar-refractivity contribution in [2.75, 3.05) is 6.54 Å². The van der Waals surface area contributed by atoms with Crippen LogP contribution in [0.5, 0.6) is 0 Å². The fourth-order valence-corrected chi connectivity index (χ4v) is 4.70. The van der Waals surface area contributed by atoms with E-state index in [-0.39, 0.29) is 23.8 Å². The van der Waals surface area contributed by atoms with Gasteiger partial charge in [0.1, 0.15) is 5.54 Å². The molecule has 2 heterocycles. The maximum Gasteiger partial charge on any atom is 0.322 e. The van der Waals surface area contributed by atoms with E-state index in [0.717, 1.165) is 6.42 Å². The Labute approximate surface area is 152 Å². The van der Waals surface area contributed by atoms with Crippen molar-refractivity contribution in [3.63, 3.8) is 0 Å². The zero-order valence-electron chi connectivity index (χ0n) is 14.7. The SMILES string of the molecule is CCN(C(=O)C1CCC2(CC1)NC(=O)NC2=O)C(C)Cc1ccsc1. The fourth-order valence-electron chi connectivity index (χ4n) is 4.02. The Morgan fingerprint density at radius 2 is 2.12 bits per heavy atom. The maximum atomic E-state index is 13.0. The highest BCUT2D eigenvalue weighted by molar-refractivity contribution is 7.07. The number of thiophene rings is 1. The Morgan fingerprint density at radius 1 is 1.40 bits per heavy atom. The Balaban J connectivity index is 1.60. The molecular weight excluding hydrogens is 338 g/mol. The van der Waals surface area contributed by atoms with Crippen LogP contribution >= 0.6 is 11.3 Å². The smallest absolute Gasteiger partial charge is 0.322 e. The van der Waals surface area contributed by atoms with Gasteiger partial charge in [-0.25, -0.2) is 4.79 Å². The molecule has 0 aromatic carbocycles. The molecule has 1 saturated carbocycles. The summed E-state index contributed by atoms with van der Waals surface area (Å²) >= 11 is 1.67. The first-order valence-corrected chi connectivity index (χ1v) is 9.84. The largest absolute Gasteiger partial charge is 0.340 e. The molecule has 0 radical (unpaired) electrons. The molecule has 136 valence electrons. The van der Waals surface area contributed by atoms with E-state index >= 15 is 0 Å². The lowest BCUT2D eigenvalue weighted by Gasteiger charge is -2.37. The number of hydrogen-bond acceptors (Lipinski definition) is 4. The van der Waals surface area contributed by atoms with Crippen LogP contribution in [0, 0.1) is 5.92 Å². The van der Waals surface area contributed by atoms with E-state index in [1.807, 2.05) is 11.8 Å². The molecule has 1 spiro atoms. The second-order valence-electron chi connectivity index (χ2n) is 7.07. The third-order valence-corrected chi connectivity index (χ3v) is 6.20. The van der Waals surface area contributed by atoms with Crippen molar-refractivity contribution in [2.24, 2.45) is 5.92 Å². The van der Waals surface area contributed by atoms with Crippen LogP contribution in [-0.4, -0.2) is 40.9 Å². The van der Waals surface area contributed by atoms with Crippen LogP contribution in [0.15, 0.2) is 16.8 Å². The quantitative estimate of drug-likeness (QED) is 0.788. The molecule has 2 fully saturated rings. The van der Waals surface area contributed by atoms with Crippen molar-refractivity contribution in [3.05, 3.63) is 22.4 Å². The summed E-state index contributed by atoms with van der Waals surface area (Å²) in [4.78, 5) is 38.4. The summed E-state index contributed by atoms with van der Waals surface area (Å²) in [6.45, 7) is 4.79. The number of imide groups is 1. The Hall–Kier alpha value is -1.89. The molecule has 2 aliphatic rings. The van der Waals surface area contributed by atoms with Crippen LogP contribution in [-0.2, 0) is 16.0 Å². The molecule has 1 aromatic heterocycles. The standard InChI is InChI=1S/C18H25N3O3S/c1-3-21(12(2)10-13-6-9-25-11-13)15(22)14-4-7-18(8-5-14)16(23)19-17(24)20-18/h6,9,11-12,14H,3-5,7-8,10H2,1-2H3,(H2,19,20,23,24). The average Bonchev–Trinajstić information content (AvgIpc) is 3.17. The van der Waals surface area contributed by atoms with Gasteiger partial charge in [0.25, 0.3) is 5.91 Å². The van der Waals surface area contributed by atoms with Gasteiger partial charge in [-0.1, -0.05) is 0 Å². The second kappa shape index (κ2) is 7.15. The van der Waals surface area contributed by atoms with Gasteiger partial charge in [0.05, 0.1) is 0 Å². The topological polar surface area (TPSA) is 78.5 Å². The molecule has 1 aliphatic carbocycles. The summed E-state index contributed by atoms with van der Waals surface area (Å²) in [6.07, 6.45) is 3.18. The molecule has 7 heteroatoms. The van der Waals surface area contributed by atoms with Crippen LogP contribution in [0.25, 0.3) is 0 Å². The van der Waals surface area contributed by atoms with E-state index in [9.17, 15) is 14.4 Å². The molecule has 1 aliphatic heterocycles. The van der Waals surface area contributed by atoms with E-state index < -0.39 is 11.6 Å². The molecule has 1 aromatic rings. The monoisotopic (exact) mass is 363 g/mol. The first-order valence-electron chi connectivity index (χ1n) is 8.90. The van der Waals surface area contributed by atoms with Gasteiger partial charge in [0.15, 0.2) is 0 Å². The zero-order valence-corrected chi connectivity index (χ0v) is 15.5. The summed E-state index contributed by atoms with van der Waals surface area (Å²) in [7, 11) is 0. The number of carbonyl (C=O) groups is 3. The number of likely N-dealkylation sites (N-methyl/N-ethyl adjacent to an activating group) is 1. The molecule has 1 atom stereocenters. The average molecular weight is 363 g/mol. The van der Waals surface area contributed by atoms with Crippen molar-refractivity contribution in [3.8, 4) is 0 Å². The number of urea groups is 1. The van der Waals surface area contributed by atoms with Crippen LogP contribution < -0.4 is 10.6 Å². The van der Waals surface area contributed by atoms with Crippen LogP contribution in [0.1, 0.15) is 45.1 Å². The van der Waals surface area contributed by atoms with Gasteiger partial charge in [-0.3, -0.25) is 14.9 Å². The molecule has 4 amide bonds. The first kappa shape index (κ1) is 17.9. The number of nitrogens with zero attached hydrogens (tertiary/aromatic N) is 1. The van der Waals surface area contributed by atoms with Gasteiger partial charge < -0.3 is 10.2 Å². The fraction of sp³-hybridized carbons (Fsp3) is 0.611. The molecule has 6 nitrogen and oxygen atoms in total. The first-order chi connectivity index (χ1) is 11.9. The highest BCUT2D eigenvalue weighted by Gasteiger charge is 2.49. The molecule has 25 heavy (non-hydrogen) atoms. The summed E-state index contributed by atoms with van der Waals surface area (Å²) in [5, 5.41) is 9.25. The Bertz CT molecular complexity index is 651. The molecular formula is C18H25N3O3S. The van der Waals surface area contributed by atoms with Crippen LogP contribution in [0.4, 0.5) is 4.79 Å². The minimum atomic E-state index is -0.798. The van der Waals surface area contributed by atoms with Crippen molar-refractivity contribution in [2.45, 2.75) is 57.5 Å². The highest BCUT2D eigenvalue weighted by atomic mass is 32.1. The molecule has 3 rings (SSSR count). The minimum absolute atomic E-state index is 0.0687. The van der Waals surface area contributed by atoms with E-state index in [2.05, 4.69) is 34.4 Å². The van der Waals surface area contributed by atoms with Crippen molar-refractivity contribution in [1.82, 2.24) is 15.5 Å². The Morgan fingerprint density at radius 3 is 2.64 bits per heavy atom. The number of nitrogens with one attached hydrogen (secondary N) is 2. The maximum absolute atomic E-state index is 13.0. The lowest BCUT2D eigenvalue weighted by atomic mass is 9.76. The van der Waals surface area contributed by atoms with Crippen LogP contribution in [0.3, 0.4) is 0 Å². The number of amides is 4. The van der Waals surface area contributed by atoms with Gasteiger partial charge >= 0.3 is 6.03 Å². The summed E-state index contributed by atoms with van der Waals surface area (Å²) in [5.41, 5.74) is 0.462. The van der Waals surface area contributed by atoms with Gasteiger partial charge in [-0.15, -0.1) is 0 Å². The van der Waals surface area contributed by atoms with Gasteiger partial charge in [0, 0.05) is 18.5 Å². The predicted octanol–water partition coefficient (Wildman–Crippen LogP) is 2.30. The van der Waals surface area contributed by atoms with Crippen LogP contribution in [0.2, 0.25) is 0 Å².